The fourth-order valence-corrected chi connectivity index (χ4v) is 2.92. The molecule has 178 valence electrons. The van der Waals surface area contributed by atoms with Crippen molar-refractivity contribution in [2.24, 2.45) is 0 Å². The fraction of sp³-hybridized carbons (Fsp3) is 0.269. The molecular formula is C26H29N3O5. The Morgan fingerprint density at radius 1 is 0.941 bits per heavy atom. The lowest BCUT2D eigenvalue weighted by molar-refractivity contribution is 0.0635. The third-order valence-corrected chi connectivity index (χ3v) is 4.40. The topological polar surface area (TPSA) is 98.8 Å². The molecular weight excluding hydrogens is 434 g/mol. The molecule has 8 heteroatoms. The molecule has 1 aromatic heterocycles. The van der Waals surface area contributed by atoms with Crippen molar-refractivity contribution in [3.8, 4) is 17.4 Å². The zero-order chi connectivity index (χ0) is 24.6. The van der Waals surface area contributed by atoms with E-state index >= 15 is 0 Å². The summed E-state index contributed by atoms with van der Waals surface area (Å²) in [5.74, 6) is 1.59. The Hall–Kier alpha value is -4.07. The van der Waals surface area contributed by atoms with Crippen LogP contribution in [0, 0.1) is 0 Å². The molecule has 1 heterocycles. The van der Waals surface area contributed by atoms with Gasteiger partial charge in [0.1, 0.15) is 17.1 Å². The smallest absolute Gasteiger partial charge is 0.412 e. The predicted molar refractivity (Wildman–Crippen MR) is 129 cm³/mol. The van der Waals surface area contributed by atoms with Crippen LogP contribution in [0.4, 0.5) is 10.5 Å². The molecule has 0 saturated heterocycles. The summed E-state index contributed by atoms with van der Waals surface area (Å²) in [4.78, 5) is 28.6. The first-order chi connectivity index (χ1) is 16.2. The van der Waals surface area contributed by atoms with E-state index in [1.165, 1.54) is 0 Å². The van der Waals surface area contributed by atoms with Crippen LogP contribution in [0.3, 0.4) is 0 Å². The highest BCUT2D eigenvalue weighted by Crippen LogP contribution is 2.23. The van der Waals surface area contributed by atoms with Crippen LogP contribution in [0.1, 0.15) is 43.6 Å². The number of nitrogens with zero attached hydrogens (tertiary/aromatic N) is 1. The number of rotatable bonds is 8. The highest BCUT2D eigenvalue weighted by molar-refractivity contribution is 5.95. The minimum atomic E-state index is -0.587. The first-order valence-corrected chi connectivity index (χ1v) is 11.0. The average Bonchev–Trinajstić information content (AvgIpc) is 2.78. The third kappa shape index (κ3) is 7.81. The minimum Gasteiger partial charge on any atom is -0.494 e. The molecule has 0 saturated carbocycles. The Labute approximate surface area is 199 Å². The van der Waals surface area contributed by atoms with Crippen LogP contribution in [0.25, 0.3) is 0 Å². The van der Waals surface area contributed by atoms with Gasteiger partial charge >= 0.3 is 6.09 Å². The van der Waals surface area contributed by atoms with Gasteiger partial charge < -0.3 is 19.5 Å². The Morgan fingerprint density at radius 3 is 2.26 bits per heavy atom. The van der Waals surface area contributed by atoms with Crippen LogP contribution in [0.15, 0.2) is 66.9 Å². The Balaban J connectivity index is 1.53. The van der Waals surface area contributed by atoms with Gasteiger partial charge in [0, 0.05) is 30.1 Å². The summed E-state index contributed by atoms with van der Waals surface area (Å²) in [6.07, 6.45) is 1.08. The molecule has 0 fully saturated rings. The largest absolute Gasteiger partial charge is 0.494 e. The fourth-order valence-electron chi connectivity index (χ4n) is 2.92. The van der Waals surface area contributed by atoms with Gasteiger partial charge in [0.15, 0.2) is 0 Å². The van der Waals surface area contributed by atoms with Gasteiger partial charge in [-0.15, -0.1) is 0 Å². The quantitative estimate of drug-likeness (QED) is 0.454. The van der Waals surface area contributed by atoms with Crippen molar-refractivity contribution in [1.82, 2.24) is 10.3 Å². The first-order valence-electron chi connectivity index (χ1n) is 11.0. The monoisotopic (exact) mass is 463 g/mol. The van der Waals surface area contributed by atoms with Gasteiger partial charge in [-0.2, -0.15) is 0 Å². The molecule has 0 radical (unpaired) electrons. The number of carbonyl (C=O) groups is 2. The van der Waals surface area contributed by atoms with Gasteiger partial charge in [0.25, 0.3) is 5.91 Å². The van der Waals surface area contributed by atoms with Crippen molar-refractivity contribution < 1.29 is 23.8 Å². The number of benzene rings is 2. The normalized spacial score (nSPS) is 10.8. The van der Waals surface area contributed by atoms with Gasteiger partial charge in [-0.25, -0.2) is 9.78 Å². The Kier molecular flexibility index (Phi) is 8.08. The van der Waals surface area contributed by atoms with Gasteiger partial charge in [-0.1, -0.05) is 0 Å². The number of aromatic nitrogens is 1. The summed E-state index contributed by atoms with van der Waals surface area (Å²) in [7, 11) is 0. The summed E-state index contributed by atoms with van der Waals surface area (Å²) in [6.45, 7) is 8.20. The van der Waals surface area contributed by atoms with Crippen LogP contribution in [0.2, 0.25) is 0 Å². The second kappa shape index (κ2) is 11.2. The zero-order valence-electron chi connectivity index (χ0n) is 19.8. The standard InChI is InChI=1S/C26H29N3O5/c1-5-32-21-10-12-22(13-11-21)33-23-16-18(14-15-27-23)17-28-24(30)19-6-8-20(9-7-19)29-25(31)34-26(2,3)4/h6-16H,5,17H2,1-4H3,(H,28,30)(H,29,31). The Bertz CT molecular complexity index is 1110. The molecule has 2 amide bonds. The number of carbonyl (C=O) groups excluding carboxylic acids is 2. The summed E-state index contributed by atoms with van der Waals surface area (Å²) >= 11 is 0. The molecule has 0 aliphatic carbocycles. The van der Waals surface area contributed by atoms with Gasteiger partial charge in [-0.05, 0) is 87.9 Å². The molecule has 34 heavy (non-hydrogen) atoms. The van der Waals surface area contributed by atoms with Crippen molar-refractivity contribution in [2.45, 2.75) is 39.8 Å². The maximum Gasteiger partial charge on any atom is 0.412 e. The Morgan fingerprint density at radius 2 is 1.62 bits per heavy atom. The number of pyridine rings is 1. The number of hydrogen-bond acceptors (Lipinski definition) is 6. The summed E-state index contributed by atoms with van der Waals surface area (Å²) in [6, 6.07) is 17.4. The maximum atomic E-state index is 12.5. The zero-order valence-corrected chi connectivity index (χ0v) is 19.8. The predicted octanol–water partition coefficient (Wildman–Crippen LogP) is 5.55. The van der Waals surface area contributed by atoms with E-state index in [0.717, 1.165) is 11.3 Å². The van der Waals surface area contributed by atoms with Crippen LogP contribution < -0.4 is 20.1 Å². The minimum absolute atomic E-state index is 0.241. The molecule has 0 aliphatic rings. The molecule has 0 spiro atoms. The van der Waals surface area contributed by atoms with E-state index in [1.54, 1.807) is 63.4 Å². The SMILES string of the molecule is CCOc1ccc(Oc2cc(CNC(=O)c3ccc(NC(=O)OC(C)(C)C)cc3)ccn2)cc1. The summed E-state index contributed by atoms with van der Waals surface area (Å²) in [5.41, 5.74) is 1.26. The van der Waals surface area contributed by atoms with E-state index in [-0.39, 0.29) is 5.91 Å². The van der Waals surface area contributed by atoms with E-state index in [1.807, 2.05) is 31.2 Å². The van der Waals surface area contributed by atoms with Crippen LogP contribution in [-0.4, -0.2) is 29.2 Å². The molecule has 2 N–H and O–H groups in total. The summed E-state index contributed by atoms with van der Waals surface area (Å²) < 4.78 is 16.4. The summed E-state index contributed by atoms with van der Waals surface area (Å²) in [5, 5.41) is 5.51. The van der Waals surface area contributed by atoms with Crippen molar-refractivity contribution in [3.63, 3.8) is 0 Å². The van der Waals surface area contributed by atoms with Crippen LogP contribution in [-0.2, 0) is 11.3 Å². The van der Waals surface area contributed by atoms with Crippen LogP contribution in [0.5, 0.6) is 17.4 Å². The number of hydrogen-bond donors (Lipinski definition) is 2. The highest BCUT2D eigenvalue weighted by atomic mass is 16.6. The first kappa shape index (κ1) is 24.6. The van der Waals surface area contributed by atoms with Crippen LogP contribution >= 0.6 is 0 Å². The highest BCUT2D eigenvalue weighted by Gasteiger charge is 2.16. The lowest BCUT2D eigenvalue weighted by Gasteiger charge is -2.19. The molecule has 0 unspecified atom stereocenters. The molecule has 0 aliphatic heterocycles. The van der Waals surface area contributed by atoms with Crippen molar-refractivity contribution in [1.29, 1.82) is 0 Å². The maximum absolute atomic E-state index is 12.5. The van der Waals surface area contributed by atoms with Gasteiger partial charge in [0.05, 0.1) is 6.61 Å². The van der Waals surface area contributed by atoms with Gasteiger partial charge in [-0.3, -0.25) is 10.1 Å². The van der Waals surface area contributed by atoms with E-state index in [0.29, 0.717) is 36.0 Å². The number of ether oxygens (including phenoxy) is 3. The number of nitrogens with one attached hydrogen (secondary N) is 2. The van der Waals surface area contributed by atoms with E-state index < -0.39 is 11.7 Å². The molecule has 2 aromatic carbocycles. The average molecular weight is 464 g/mol. The third-order valence-electron chi connectivity index (χ3n) is 4.40. The lowest BCUT2D eigenvalue weighted by atomic mass is 10.2. The molecule has 3 aromatic rings. The molecule has 8 nitrogen and oxygen atoms in total. The van der Waals surface area contributed by atoms with Gasteiger partial charge in [0.2, 0.25) is 5.88 Å². The van der Waals surface area contributed by atoms with Crippen molar-refractivity contribution >= 4 is 17.7 Å². The number of anilines is 1. The van der Waals surface area contributed by atoms with E-state index in [9.17, 15) is 9.59 Å². The number of amides is 2. The van der Waals surface area contributed by atoms with E-state index in [4.69, 9.17) is 14.2 Å². The van der Waals surface area contributed by atoms with E-state index in [2.05, 4.69) is 15.6 Å². The second-order valence-electron chi connectivity index (χ2n) is 8.40. The van der Waals surface area contributed by atoms with Crippen molar-refractivity contribution in [2.75, 3.05) is 11.9 Å². The lowest BCUT2D eigenvalue weighted by Crippen LogP contribution is -2.27. The van der Waals surface area contributed by atoms with Crippen molar-refractivity contribution in [3.05, 3.63) is 78.0 Å². The molecule has 0 atom stereocenters. The molecule has 3 rings (SSSR count). The second-order valence-corrected chi connectivity index (χ2v) is 8.40. The molecule has 0 bridgehead atoms.